The van der Waals surface area contributed by atoms with Gasteiger partial charge in [-0.05, 0) is 32.0 Å². The zero-order valence-electron chi connectivity index (χ0n) is 14.7. The SMILES string of the molecule is CNC(=O)c1cc(-c2ncn(/C=C/C(=O)OC(C)C)n2)cc(C(F)(F)F)c1. The first-order chi connectivity index (χ1) is 12.6. The minimum absolute atomic E-state index is 0.0142. The average Bonchev–Trinajstić information content (AvgIpc) is 3.06. The highest BCUT2D eigenvalue weighted by molar-refractivity contribution is 5.95. The van der Waals surface area contributed by atoms with Crippen LogP contribution in [0.4, 0.5) is 13.2 Å². The van der Waals surface area contributed by atoms with Crippen LogP contribution >= 0.6 is 0 Å². The molecular formula is C17H17F3N4O3. The molecule has 0 aliphatic heterocycles. The van der Waals surface area contributed by atoms with E-state index >= 15 is 0 Å². The van der Waals surface area contributed by atoms with E-state index in [4.69, 9.17) is 4.74 Å². The van der Waals surface area contributed by atoms with Gasteiger partial charge in [-0.1, -0.05) is 0 Å². The van der Waals surface area contributed by atoms with Crippen molar-refractivity contribution in [1.82, 2.24) is 20.1 Å². The molecule has 0 saturated carbocycles. The van der Waals surface area contributed by atoms with Crippen LogP contribution in [0.5, 0.6) is 0 Å². The predicted octanol–water partition coefficient (Wildman–Crippen LogP) is 2.75. The topological polar surface area (TPSA) is 86.1 Å². The molecule has 1 heterocycles. The molecule has 144 valence electrons. The molecule has 0 atom stereocenters. The van der Waals surface area contributed by atoms with Gasteiger partial charge in [-0.15, -0.1) is 5.10 Å². The first-order valence-corrected chi connectivity index (χ1v) is 7.85. The maximum Gasteiger partial charge on any atom is 0.416 e. The summed E-state index contributed by atoms with van der Waals surface area (Å²) in [6.07, 6.45) is -1.34. The normalized spacial score (nSPS) is 11.8. The molecule has 1 N–H and O–H groups in total. The molecule has 7 nitrogen and oxygen atoms in total. The lowest BCUT2D eigenvalue weighted by Gasteiger charge is -2.10. The molecular weight excluding hydrogens is 365 g/mol. The van der Waals surface area contributed by atoms with E-state index in [0.717, 1.165) is 22.9 Å². The Labute approximate surface area is 152 Å². The molecule has 27 heavy (non-hydrogen) atoms. The van der Waals surface area contributed by atoms with E-state index in [0.29, 0.717) is 0 Å². The van der Waals surface area contributed by atoms with E-state index in [2.05, 4.69) is 15.4 Å². The quantitative estimate of drug-likeness (QED) is 0.635. The number of carbonyl (C=O) groups excluding carboxylic acids is 2. The van der Waals surface area contributed by atoms with Gasteiger partial charge in [0.05, 0.1) is 11.7 Å². The van der Waals surface area contributed by atoms with Gasteiger partial charge in [-0.2, -0.15) is 13.2 Å². The van der Waals surface area contributed by atoms with Crippen molar-refractivity contribution in [3.05, 3.63) is 41.7 Å². The highest BCUT2D eigenvalue weighted by Crippen LogP contribution is 2.32. The molecule has 0 bridgehead atoms. The lowest BCUT2D eigenvalue weighted by molar-refractivity contribution is -0.141. The van der Waals surface area contributed by atoms with Crippen LogP contribution < -0.4 is 5.32 Å². The smallest absolute Gasteiger partial charge is 0.416 e. The third-order valence-corrected chi connectivity index (χ3v) is 3.23. The van der Waals surface area contributed by atoms with Crippen LogP contribution in [-0.4, -0.2) is 39.8 Å². The van der Waals surface area contributed by atoms with Crippen LogP contribution in [0.2, 0.25) is 0 Å². The van der Waals surface area contributed by atoms with Gasteiger partial charge in [0.2, 0.25) is 0 Å². The summed E-state index contributed by atoms with van der Waals surface area (Å²) >= 11 is 0. The first-order valence-electron chi connectivity index (χ1n) is 7.85. The number of esters is 1. The largest absolute Gasteiger partial charge is 0.460 e. The van der Waals surface area contributed by atoms with Crippen molar-refractivity contribution < 1.29 is 27.5 Å². The van der Waals surface area contributed by atoms with Gasteiger partial charge in [-0.3, -0.25) is 4.79 Å². The standard InChI is InChI=1S/C17H17F3N4O3/c1-10(2)27-14(25)4-5-24-9-22-15(23-24)11-6-12(16(26)21-3)8-13(7-11)17(18,19)20/h4-10H,1-3H3,(H,21,26)/b5-4+. The number of amides is 1. The molecule has 0 aliphatic carbocycles. The Bertz CT molecular complexity index is 873. The summed E-state index contributed by atoms with van der Waals surface area (Å²) in [5, 5.41) is 6.27. The molecule has 0 aliphatic rings. The highest BCUT2D eigenvalue weighted by Gasteiger charge is 2.32. The summed E-state index contributed by atoms with van der Waals surface area (Å²) in [4.78, 5) is 27.2. The van der Waals surface area contributed by atoms with Crippen LogP contribution in [0.3, 0.4) is 0 Å². The van der Waals surface area contributed by atoms with E-state index in [9.17, 15) is 22.8 Å². The molecule has 2 rings (SSSR count). The van der Waals surface area contributed by atoms with E-state index in [1.165, 1.54) is 25.6 Å². The molecule has 1 aromatic heterocycles. The maximum absolute atomic E-state index is 13.1. The Morgan fingerprint density at radius 3 is 2.56 bits per heavy atom. The number of halogens is 3. The van der Waals surface area contributed by atoms with Gasteiger partial charge < -0.3 is 10.1 Å². The Balaban J connectivity index is 2.35. The van der Waals surface area contributed by atoms with E-state index < -0.39 is 23.6 Å². The molecule has 2 aromatic rings. The Morgan fingerprint density at radius 2 is 1.96 bits per heavy atom. The van der Waals surface area contributed by atoms with Crippen molar-refractivity contribution in [3.63, 3.8) is 0 Å². The summed E-state index contributed by atoms with van der Waals surface area (Å²) in [6.45, 7) is 3.38. The van der Waals surface area contributed by atoms with Gasteiger partial charge in [0.1, 0.15) is 6.33 Å². The third kappa shape index (κ3) is 5.40. The first kappa shape index (κ1) is 20.1. The number of nitrogens with one attached hydrogen (secondary N) is 1. The summed E-state index contributed by atoms with van der Waals surface area (Å²) in [6, 6.07) is 2.86. The second-order valence-corrected chi connectivity index (χ2v) is 5.73. The molecule has 10 heteroatoms. The van der Waals surface area contributed by atoms with Crippen molar-refractivity contribution in [2.75, 3.05) is 7.05 Å². The average molecular weight is 382 g/mol. The van der Waals surface area contributed by atoms with Crippen molar-refractivity contribution in [2.24, 2.45) is 0 Å². The predicted molar refractivity (Wildman–Crippen MR) is 90.4 cm³/mol. The lowest BCUT2D eigenvalue weighted by Crippen LogP contribution is -2.19. The van der Waals surface area contributed by atoms with E-state index in [1.807, 2.05) is 0 Å². The van der Waals surface area contributed by atoms with Crippen LogP contribution in [-0.2, 0) is 15.7 Å². The summed E-state index contributed by atoms with van der Waals surface area (Å²) in [7, 11) is 1.32. The van der Waals surface area contributed by atoms with Crippen molar-refractivity contribution in [1.29, 1.82) is 0 Å². The number of aromatic nitrogens is 3. The zero-order chi connectivity index (χ0) is 20.2. The molecule has 0 saturated heterocycles. The third-order valence-electron chi connectivity index (χ3n) is 3.23. The van der Waals surface area contributed by atoms with Gasteiger partial charge in [-0.25, -0.2) is 14.5 Å². The number of nitrogens with zero attached hydrogens (tertiary/aromatic N) is 3. The Kier molecular flexibility index (Phi) is 5.98. The molecule has 1 amide bonds. The number of ether oxygens (including phenoxy) is 1. The van der Waals surface area contributed by atoms with Crippen molar-refractivity contribution in [2.45, 2.75) is 26.1 Å². The van der Waals surface area contributed by atoms with Crippen LogP contribution in [0.15, 0.2) is 30.6 Å². The van der Waals surface area contributed by atoms with Crippen LogP contribution in [0.25, 0.3) is 17.6 Å². The molecule has 0 spiro atoms. The molecule has 1 aromatic carbocycles. The van der Waals surface area contributed by atoms with Crippen LogP contribution in [0, 0.1) is 0 Å². The fraction of sp³-hybridized carbons (Fsp3) is 0.294. The fourth-order valence-corrected chi connectivity index (χ4v) is 2.08. The molecule has 0 radical (unpaired) electrons. The van der Waals surface area contributed by atoms with E-state index in [-0.39, 0.29) is 23.1 Å². The number of hydrogen-bond acceptors (Lipinski definition) is 5. The van der Waals surface area contributed by atoms with Crippen LogP contribution in [0.1, 0.15) is 29.8 Å². The number of alkyl halides is 3. The number of benzene rings is 1. The van der Waals surface area contributed by atoms with Crippen molar-refractivity contribution >= 4 is 18.1 Å². The highest BCUT2D eigenvalue weighted by atomic mass is 19.4. The second-order valence-electron chi connectivity index (χ2n) is 5.73. The Hall–Kier alpha value is -3.17. The lowest BCUT2D eigenvalue weighted by atomic mass is 10.0. The van der Waals surface area contributed by atoms with Gasteiger partial charge >= 0.3 is 12.1 Å². The number of rotatable bonds is 5. The minimum atomic E-state index is -4.64. The molecule has 0 unspecified atom stereocenters. The van der Waals surface area contributed by atoms with Gasteiger partial charge in [0.25, 0.3) is 5.91 Å². The number of hydrogen-bond donors (Lipinski definition) is 1. The monoisotopic (exact) mass is 382 g/mol. The number of carbonyl (C=O) groups is 2. The van der Waals surface area contributed by atoms with Gasteiger partial charge in [0, 0.05) is 30.5 Å². The second kappa shape index (κ2) is 8.02. The summed E-state index contributed by atoms with van der Waals surface area (Å²) in [5.41, 5.74) is -1.15. The Morgan fingerprint density at radius 1 is 1.26 bits per heavy atom. The van der Waals surface area contributed by atoms with E-state index in [1.54, 1.807) is 13.8 Å². The maximum atomic E-state index is 13.1. The fourth-order valence-electron chi connectivity index (χ4n) is 2.08. The summed E-state index contributed by atoms with van der Waals surface area (Å²) in [5.74, 6) is -1.30. The summed E-state index contributed by atoms with van der Waals surface area (Å²) < 4.78 is 45.4. The zero-order valence-corrected chi connectivity index (χ0v) is 14.7. The van der Waals surface area contributed by atoms with Crippen molar-refractivity contribution in [3.8, 4) is 11.4 Å². The minimum Gasteiger partial charge on any atom is -0.460 e. The van der Waals surface area contributed by atoms with Gasteiger partial charge in [0.15, 0.2) is 5.82 Å². The molecule has 0 fully saturated rings.